The average Bonchev–Trinajstić information content (AvgIpc) is 2.16. The quantitative estimate of drug-likeness (QED) is 0.841. The first-order valence-electron chi connectivity index (χ1n) is 4.76. The molecule has 0 aliphatic carbocycles. The van der Waals surface area contributed by atoms with Crippen LogP contribution in [-0.2, 0) is 4.74 Å². The van der Waals surface area contributed by atoms with Crippen LogP contribution in [0, 0.1) is 0 Å². The highest BCUT2D eigenvalue weighted by Gasteiger charge is 2.08. The summed E-state index contributed by atoms with van der Waals surface area (Å²) < 4.78 is 5.81. The van der Waals surface area contributed by atoms with Crippen LogP contribution >= 0.6 is 27.5 Å². The van der Waals surface area contributed by atoms with Crippen molar-refractivity contribution in [1.82, 2.24) is 0 Å². The summed E-state index contributed by atoms with van der Waals surface area (Å²) in [5, 5.41) is 10.5. The molecule has 1 rings (SSSR count). The summed E-state index contributed by atoms with van der Waals surface area (Å²) in [7, 11) is 1.66. The fourth-order valence-corrected chi connectivity index (χ4v) is 2.24. The zero-order chi connectivity index (χ0) is 11.3. The smallest absolute Gasteiger partial charge is 0.0791 e. The number of benzene rings is 1. The van der Waals surface area contributed by atoms with Gasteiger partial charge in [-0.05, 0) is 36.6 Å². The van der Waals surface area contributed by atoms with Gasteiger partial charge < -0.3 is 9.84 Å². The van der Waals surface area contributed by atoms with E-state index in [9.17, 15) is 5.11 Å². The Bertz CT molecular complexity index is 297. The fourth-order valence-electron chi connectivity index (χ4n) is 1.36. The van der Waals surface area contributed by atoms with E-state index in [2.05, 4.69) is 15.9 Å². The Labute approximate surface area is 103 Å². The van der Waals surface area contributed by atoms with Crippen molar-refractivity contribution in [3.05, 3.63) is 33.3 Å². The molecular weight excluding hydrogens is 279 g/mol. The SMILES string of the molecule is COCCCC(O)c1cc(Cl)cc(Br)c1. The van der Waals surface area contributed by atoms with E-state index in [0.29, 0.717) is 18.1 Å². The Balaban J connectivity index is 2.60. The highest BCUT2D eigenvalue weighted by Crippen LogP contribution is 2.26. The standard InChI is InChI=1S/C11H14BrClO2/c1-15-4-2-3-11(14)8-5-9(12)7-10(13)6-8/h5-7,11,14H,2-4H2,1H3. The average molecular weight is 294 g/mol. The summed E-state index contributed by atoms with van der Waals surface area (Å²) in [6.07, 6.45) is 1.04. The van der Waals surface area contributed by atoms with Crippen molar-refractivity contribution in [2.24, 2.45) is 0 Å². The molecule has 0 radical (unpaired) electrons. The van der Waals surface area contributed by atoms with E-state index < -0.39 is 6.10 Å². The maximum Gasteiger partial charge on any atom is 0.0791 e. The molecule has 0 saturated heterocycles. The van der Waals surface area contributed by atoms with Gasteiger partial charge in [0.15, 0.2) is 0 Å². The predicted octanol–water partition coefficient (Wildman–Crippen LogP) is 3.56. The van der Waals surface area contributed by atoms with Crippen LogP contribution in [0.4, 0.5) is 0 Å². The van der Waals surface area contributed by atoms with Crippen LogP contribution in [0.25, 0.3) is 0 Å². The van der Waals surface area contributed by atoms with Gasteiger partial charge in [0.1, 0.15) is 0 Å². The van der Waals surface area contributed by atoms with Crippen LogP contribution in [0.2, 0.25) is 5.02 Å². The van der Waals surface area contributed by atoms with Crippen molar-refractivity contribution in [3.8, 4) is 0 Å². The Morgan fingerprint density at radius 3 is 2.80 bits per heavy atom. The first-order valence-corrected chi connectivity index (χ1v) is 5.93. The molecule has 2 nitrogen and oxygen atoms in total. The number of hydrogen-bond acceptors (Lipinski definition) is 2. The largest absolute Gasteiger partial charge is 0.388 e. The number of aliphatic hydroxyl groups is 1. The molecule has 0 aromatic heterocycles. The van der Waals surface area contributed by atoms with Crippen molar-refractivity contribution >= 4 is 27.5 Å². The molecule has 0 fully saturated rings. The van der Waals surface area contributed by atoms with Crippen LogP contribution in [0.1, 0.15) is 24.5 Å². The molecule has 4 heteroatoms. The molecule has 0 spiro atoms. The van der Waals surface area contributed by atoms with Gasteiger partial charge in [0.05, 0.1) is 6.10 Å². The van der Waals surface area contributed by atoms with Crippen LogP contribution in [0.15, 0.2) is 22.7 Å². The lowest BCUT2D eigenvalue weighted by molar-refractivity contribution is 0.136. The lowest BCUT2D eigenvalue weighted by atomic mass is 10.1. The molecule has 1 aromatic rings. The number of aliphatic hydroxyl groups excluding tert-OH is 1. The highest BCUT2D eigenvalue weighted by atomic mass is 79.9. The van der Waals surface area contributed by atoms with E-state index in [1.54, 1.807) is 19.2 Å². The van der Waals surface area contributed by atoms with Crippen LogP contribution in [-0.4, -0.2) is 18.8 Å². The van der Waals surface area contributed by atoms with E-state index in [1.807, 2.05) is 6.07 Å². The molecule has 0 heterocycles. The Morgan fingerprint density at radius 2 is 2.20 bits per heavy atom. The molecule has 15 heavy (non-hydrogen) atoms. The van der Waals surface area contributed by atoms with Gasteiger partial charge in [0, 0.05) is 23.2 Å². The maximum atomic E-state index is 9.86. The Kier molecular flexibility index (Phi) is 5.61. The van der Waals surface area contributed by atoms with Crippen molar-refractivity contribution < 1.29 is 9.84 Å². The second kappa shape index (κ2) is 6.48. The molecular formula is C11H14BrClO2. The monoisotopic (exact) mass is 292 g/mol. The summed E-state index contributed by atoms with van der Waals surface area (Å²) in [6, 6.07) is 5.46. The zero-order valence-electron chi connectivity index (χ0n) is 8.54. The molecule has 0 amide bonds. The number of hydrogen-bond donors (Lipinski definition) is 1. The fraction of sp³-hybridized carbons (Fsp3) is 0.455. The van der Waals surface area contributed by atoms with Crippen molar-refractivity contribution in [3.63, 3.8) is 0 Å². The molecule has 1 N–H and O–H groups in total. The van der Waals surface area contributed by atoms with E-state index in [1.165, 1.54) is 0 Å². The minimum Gasteiger partial charge on any atom is -0.388 e. The normalized spacial score (nSPS) is 12.8. The number of halogens is 2. The summed E-state index contributed by atoms with van der Waals surface area (Å²) in [5.74, 6) is 0. The molecule has 84 valence electrons. The number of methoxy groups -OCH3 is 1. The molecule has 1 unspecified atom stereocenters. The van der Waals surface area contributed by atoms with Crippen LogP contribution in [0.5, 0.6) is 0 Å². The molecule has 1 aromatic carbocycles. The third-order valence-corrected chi connectivity index (χ3v) is 2.77. The van der Waals surface area contributed by atoms with Crippen molar-refractivity contribution in [2.45, 2.75) is 18.9 Å². The molecule has 0 aliphatic rings. The van der Waals surface area contributed by atoms with Gasteiger partial charge in [-0.25, -0.2) is 0 Å². The molecule has 0 bridgehead atoms. The second-order valence-electron chi connectivity index (χ2n) is 3.35. The second-order valence-corrected chi connectivity index (χ2v) is 4.71. The predicted molar refractivity (Wildman–Crippen MR) is 65.2 cm³/mol. The molecule has 0 saturated carbocycles. The summed E-state index contributed by atoms with van der Waals surface area (Å²) in [4.78, 5) is 0. The summed E-state index contributed by atoms with van der Waals surface area (Å²) in [5.41, 5.74) is 0.838. The number of rotatable bonds is 5. The number of ether oxygens (including phenoxy) is 1. The van der Waals surface area contributed by atoms with E-state index in [-0.39, 0.29) is 0 Å². The summed E-state index contributed by atoms with van der Waals surface area (Å²) in [6.45, 7) is 0.665. The van der Waals surface area contributed by atoms with Crippen LogP contribution < -0.4 is 0 Å². The molecule has 1 atom stereocenters. The third-order valence-electron chi connectivity index (χ3n) is 2.10. The van der Waals surface area contributed by atoms with Gasteiger partial charge in [-0.3, -0.25) is 0 Å². The molecule has 0 aliphatic heterocycles. The van der Waals surface area contributed by atoms with E-state index in [0.717, 1.165) is 16.5 Å². The Hall–Kier alpha value is -0.0900. The maximum absolute atomic E-state index is 9.86. The lowest BCUT2D eigenvalue weighted by Crippen LogP contribution is -2.00. The topological polar surface area (TPSA) is 29.5 Å². The Morgan fingerprint density at radius 1 is 1.47 bits per heavy atom. The minimum atomic E-state index is -0.477. The highest BCUT2D eigenvalue weighted by molar-refractivity contribution is 9.10. The van der Waals surface area contributed by atoms with Gasteiger partial charge in [-0.1, -0.05) is 27.5 Å². The van der Waals surface area contributed by atoms with E-state index in [4.69, 9.17) is 16.3 Å². The van der Waals surface area contributed by atoms with Crippen molar-refractivity contribution in [2.75, 3.05) is 13.7 Å². The van der Waals surface area contributed by atoms with Gasteiger partial charge in [-0.2, -0.15) is 0 Å². The van der Waals surface area contributed by atoms with Gasteiger partial charge in [-0.15, -0.1) is 0 Å². The van der Waals surface area contributed by atoms with Gasteiger partial charge in [0.2, 0.25) is 0 Å². The lowest BCUT2D eigenvalue weighted by Gasteiger charge is -2.11. The van der Waals surface area contributed by atoms with E-state index >= 15 is 0 Å². The van der Waals surface area contributed by atoms with Gasteiger partial charge >= 0.3 is 0 Å². The van der Waals surface area contributed by atoms with Gasteiger partial charge in [0.25, 0.3) is 0 Å². The minimum absolute atomic E-state index is 0.477. The third kappa shape index (κ3) is 4.51. The van der Waals surface area contributed by atoms with Crippen LogP contribution in [0.3, 0.4) is 0 Å². The summed E-state index contributed by atoms with van der Waals surface area (Å²) >= 11 is 9.23. The first-order chi connectivity index (χ1) is 7.13. The first kappa shape index (κ1) is 13.0. The zero-order valence-corrected chi connectivity index (χ0v) is 10.9. The van der Waals surface area contributed by atoms with Crippen molar-refractivity contribution in [1.29, 1.82) is 0 Å².